The number of hydrogen-bond acceptors (Lipinski definition) is 4. The van der Waals surface area contributed by atoms with Crippen molar-refractivity contribution in [1.29, 1.82) is 0 Å². The van der Waals surface area contributed by atoms with E-state index >= 15 is 0 Å². The standard InChI is InChI=1S/C13H13N3OS/c14-13(17)11-7-10(1-4-15-11)16-5-2-12-9(8-16)3-6-18-12/h1,3-4,6-7H,2,5,8H2,(H2,14,17). The van der Waals surface area contributed by atoms with Crippen LogP contribution in [0.1, 0.15) is 20.9 Å². The highest BCUT2D eigenvalue weighted by molar-refractivity contribution is 7.10. The first-order chi connectivity index (χ1) is 8.74. The van der Waals surface area contributed by atoms with Crippen molar-refractivity contribution < 1.29 is 4.79 Å². The number of hydrogen-bond donors (Lipinski definition) is 1. The molecule has 0 aliphatic carbocycles. The van der Waals surface area contributed by atoms with Gasteiger partial charge in [0, 0.05) is 29.9 Å². The van der Waals surface area contributed by atoms with Gasteiger partial charge in [0.2, 0.25) is 0 Å². The SMILES string of the molecule is NC(=O)c1cc(N2CCc3sccc3C2)ccn1. The van der Waals surface area contributed by atoms with Gasteiger partial charge < -0.3 is 10.6 Å². The van der Waals surface area contributed by atoms with E-state index in [1.165, 1.54) is 10.4 Å². The largest absolute Gasteiger partial charge is 0.367 e. The number of carbonyl (C=O) groups is 1. The van der Waals surface area contributed by atoms with Crippen molar-refractivity contribution in [1.82, 2.24) is 4.98 Å². The minimum Gasteiger partial charge on any atom is -0.367 e. The maximum absolute atomic E-state index is 11.1. The van der Waals surface area contributed by atoms with E-state index in [9.17, 15) is 4.79 Å². The van der Waals surface area contributed by atoms with Crippen molar-refractivity contribution in [3.05, 3.63) is 45.9 Å². The van der Waals surface area contributed by atoms with Crippen LogP contribution in [-0.2, 0) is 13.0 Å². The average molecular weight is 259 g/mol. The van der Waals surface area contributed by atoms with Crippen LogP contribution in [0.2, 0.25) is 0 Å². The molecule has 18 heavy (non-hydrogen) atoms. The Morgan fingerprint density at radius 3 is 3.17 bits per heavy atom. The summed E-state index contributed by atoms with van der Waals surface area (Å²) < 4.78 is 0. The molecule has 1 aliphatic rings. The molecule has 3 rings (SSSR count). The van der Waals surface area contributed by atoms with Gasteiger partial charge in [-0.2, -0.15) is 0 Å². The van der Waals surface area contributed by atoms with Crippen LogP contribution in [0, 0.1) is 0 Å². The first-order valence-corrected chi connectivity index (χ1v) is 6.68. The zero-order chi connectivity index (χ0) is 12.5. The number of carbonyl (C=O) groups excluding carboxylic acids is 1. The van der Waals surface area contributed by atoms with Crippen molar-refractivity contribution in [3.8, 4) is 0 Å². The lowest BCUT2D eigenvalue weighted by molar-refractivity contribution is 0.0995. The van der Waals surface area contributed by atoms with Crippen LogP contribution in [0.15, 0.2) is 29.8 Å². The number of anilines is 1. The quantitative estimate of drug-likeness (QED) is 0.894. The lowest BCUT2D eigenvalue weighted by atomic mass is 10.1. The van der Waals surface area contributed by atoms with Gasteiger partial charge in [-0.3, -0.25) is 9.78 Å². The van der Waals surface area contributed by atoms with Crippen molar-refractivity contribution in [2.45, 2.75) is 13.0 Å². The molecule has 1 amide bonds. The molecule has 2 aromatic heterocycles. The van der Waals surface area contributed by atoms with Gasteiger partial charge in [0.25, 0.3) is 5.91 Å². The van der Waals surface area contributed by atoms with Gasteiger partial charge in [0.05, 0.1) is 0 Å². The Labute approximate surface area is 109 Å². The Bertz CT molecular complexity index is 593. The Balaban J connectivity index is 1.88. The van der Waals surface area contributed by atoms with Crippen molar-refractivity contribution in [2.75, 3.05) is 11.4 Å². The topological polar surface area (TPSA) is 59.2 Å². The van der Waals surface area contributed by atoms with E-state index in [0.717, 1.165) is 25.2 Å². The van der Waals surface area contributed by atoms with E-state index in [1.807, 2.05) is 17.4 Å². The smallest absolute Gasteiger partial charge is 0.267 e. The van der Waals surface area contributed by atoms with Gasteiger partial charge >= 0.3 is 0 Å². The number of rotatable bonds is 2. The summed E-state index contributed by atoms with van der Waals surface area (Å²) in [6.45, 7) is 1.86. The van der Waals surface area contributed by atoms with Gasteiger partial charge in [-0.1, -0.05) is 0 Å². The monoisotopic (exact) mass is 259 g/mol. The molecule has 5 heteroatoms. The summed E-state index contributed by atoms with van der Waals surface area (Å²) >= 11 is 1.82. The second-order valence-electron chi connectivity index (χ2n) is 4.30. The van der Waals surface area contributed by atoms with Crippen LogP contribution < -0.4 is 10.6 Å². The molecule has 0 saturated heterocycles. The Morgan fingerprint density at radius 1 is 1.44 bits per heavy atom. The van der Waals surface area contributed by atoms with E-state index in [1.54, 1.807) is 12.3 Å². The molecule has 0 spiro atoms. The molecule has 0 radical (unpaired) electrons. The van der Waals surface area contributed by atoms with Gasteiger partial charge in [-0.25, -0.2) is 0 Å². The summed E-state index contributed by atoms with van der Waals surface area (Å²) in [5.74, 6) is -0.481. The highest BCUT2D eigenvalue weighted by Gasteiger charge is 2.18. The first-order valence-electron chi connectivity index (χ1n) is 5.80. The highest BCUT2D eigenvalue weighted by atomic mass is 32.1. The summed E-state index contributed by atoms with van der Waals surface area (Å²) in [6.07, 6.45) is 2.69. The lowest BCUT2D eigenvalue weighted by Crippen LogP contribution is -2.29. The Morgan fingerprint density at radius 2 is 2.33 bits per heavy atom. The fourth-order valence-corrected chi connectivity index (χ4v) is 3.11. The van der Waals surface area contributed by atoms with Gasteiger partial charge in [-0.05, 0) is 35.6 Å². The third kappa shape index (κ3) is 1.97. The van der Waals surface area contributed by atoms with Gasteiger partial charge in [0.1, 0.15) is 5.69 Å². The molecule has 3 heterocycles. The maximum atomic E-state index is 11.1. The third-order valence-corrected chi connectivity index (χ3v) is 4.19. The number of aromatic nitrogens is 1. The lowest BCUT2D eigenvalue weighted by Gasteiger charge is -2.29. The van der Waals surface area contributed by atoms with Crippen molar-refractivity contribution >= 4 is 22.9 Å². The van der Waals surface area contributed by atoms with E-state index in [0.29, 0.717) is 5.69 Å². The van der Waals surface area contributed by atoms with E-state index in [4.69, 9.17) is 5.73 Å². The molecule has 2 aromatic rings. The summed E-state index contributed by atoms with van der Waals surface area (Å²) in [6, 6.07) is 5.85. The summed E-state index contributed by atoms with van der Waals surface area (Å²) in [5.41, 5.74) is 7.96. The van der Waals surface area contributed by atoms with Crippen LogP contribution in [0.25, 0.3) is 0 Å². The molecule has 2 N–H and O–H groups in total. The molecule has 0 atom stereocenters. The van der Waals surface area contributed by atoms with Crippen LogP contribution in [0.5, 0.6) is 0 Å². The molecule has 4 nitrogen and oxygen atoms in total. The maximum Gasteiger partial charge on any atom is 0.267 e. The molecular weight excluding hydrogens is 246 g/mol. The minimum absolute atomic E-state index is 0.323. The normalized spacial score (nSPS) is 14.3. The number of thiophene rings is 1. The molecule has 0 saturated carbocycles. The molecule has 0 bridgehead atoms. The molecule has 0 aromatic carbocycles. The Hall–Kier alpha value is -1.88. The number of nitrogens with two attached hydrogens (primary N) is 1. The molecule has 92 valence electrons. The van der Waals surface area contributed by atoms with E-state index < -0.39 is 5.91 Å². The van der Waals surface area contributed by atoms with Crippen molar-refractivity contribution in [3.63, 3.8) is 0 Å². The summed E-state index contributed by atoms with van der Waals surface area (Å²) in [5, 5.41) is 2.13. The third-order valence-electron chi connectivity index (χ3n) is 3.17. The molecular formula is C13H13N3OS. The van der Waals surface area contributed by atoms with Crippen LogP contribution >= 0.6 is 11.3 Å². The molecule has 0 unspecified atom stereocenters. The number of amides is 1. The fraction of sp³-hybridized carbons (Fsp3) is 0.231. The van der Waals surface area contributed by atoms with Gasteiger partial charge in [-0.15, -0.1) is 11.3 Å². The first kappa shape index (κ1) is 11.2. The van der Waals surface area contributed by atoms with E-state index in [-0.39, 0.29) is 0 Å². The zero-order valence-corrected chi connectivity index (χ0v) is 10.6. The average Bonchev–Trinajstić information content (AvgIpc) is 2.86. The summed E-state index contributed by atoms with van der Waals surface area (Å²) in [4.78, 5) is 18.8. The highest BCUT2D eigenvalue weighted by Crippen LogP contribution is 2.27. The number of nitrogens with zero attached hydrogens (tertiary/aromatic N) is 2. The van der Waals surface area contributed by atoms with Crippen LogP contribution in [0.4, 0.5) is 5.69 Å². The fourth-order valence-electron chi connectivity index (χ4n) is 2.22. The predicted molar refractivity (Wildman–Crippen MR) is 71.8 cm³/mol. The summed E-state index contributed by atoms with van der Waals surface area (Å²) in [7, 11) is 0. The second kappa shape index (κ2) is 4.42. The van der Waals surface area contributed by atoms with Crippen molar-refractivity contribution in [2.24, 2.45) is 5.73 Å². The molecule has 0 fully saturated rings. The number of primary amides is 1. The zero-order valence-electron chi connectivity index (χ0n) is 9.80. The molecule has 1 aliphatic heterocycles. The van der Waals surface area contributed by atoms with Crippen LogP contribution in [-0.4, -0.2) is 17.4 Å². The minimum atomic E-state index is -0.481. The number of fused-ring (bicyclic) bond motifs is 1. The predicted octanol–water partition coefficient (Wildman–Crippen LogP) is 1.80. The van der Waals surface area contributed by atoms with Gasteiger partial charge in [0.15, 0.2) is 0 Å². The number of pyridine rings is 1. The second-order valence-corrected chi connectivity index (χ2v) is 5.30. The van der Waals surface area contributed by atoms with E-state index in [2.05, 4.69) is 21.3 Å². The van der Waals surface area contributed by atoms with Crippen LogP contribution in [0.3, 0.4) is 0 Å². The Kier molecular flexibility index (Phi) is 2.76.